The van der Waals surface area contributed by atoms with Crippen LogP contribution in [0.1, 0.15) is 26.7 Å². The molecule has 0 saturated heterocycles. The van der Waals surface area contributed by atoms with Crippen LogP contribution in [-0.2, 0) is 4.79 Å². The minimum atomic E-state index is -0.107. The molecule has 1 aromatic carbocycles. The van der Waals surface area contributed by atoms with Crippen molar-refractivity contribution in [2.45, 2.75) is 26.7 Å². The number of carbonyl (C=O) groups is 1. The molecule has 18 heavy (non-hydrogen) atoms. The largest absolute Gasteiger partial charge is 0.491 e. The van der Waals surface area contributed by atoms with Gasteiger partial charge >= 0.3 is 0 Å². The average Bonchev–Trinajstić information content (AvgIpc) is 2.35. The van der Waals surface area contributed by atoms with Crippen LogP contribution in [0.5, 0.6) is 5.75 Å². The molecule has 4 nitrogen and oxygen atoms in total. The number of hydrogen-bond donors (Lipinski definition) is 2. The van der Waals surface area contributed by atoms with E-state index in [-0.39, 0.29) is 12.5 Å². The Morgan fingerprint density at radius 3 is 2.78 bits per heavy atom. The highest BCUT2D eigenvalue weighted by molar-refractivity contribution is 5.92. The van der Waals surface area contributed by atoms with Crippen molar-refractivity contribution >= 4 is 11.6 Å². The molecule has 0 atom stereocenters. The Labute approximate surface area is 108 Å². The molecule has 0 bridgehead atoms. The second-order valence-corrected chi connectivity index (χ2v) is 4.58. The van der Waals surface area contributed by atoms with E-state index >= 15 is 0 Å². The Balaban J connectivity index is 2.61. The maximum atomic E-state index is 11.6. The monoisotopic (exact) mass is 251 g/mol. The van der Waals surface area contributed by atoms with Crippen LogP contribution >= 0.6 is 0 Å². The maximum Gasteiger partial charge on any atom is 0.224 e. The molecule has 2 N–H and O–H groups in total. The molecule has 0 spiro atoms. The van der Waals surface area contributed by atoms with E-state index in [1.165, 1.54) is 0 Å². The summed E-state index contributed by atoms with van der Waals surface area (Å²) in [5.41, 5.74) is 0.682. The van der Waals surface area contributed by atoms with E-state index in [2.05, 4.69) is 19.2 Å². The molecule has 0 aliphatic rings. The first-order chi connectivity index (χ1) is 8.63. The van der Waals surface area contributed by atoms with E-state index in [0.717, 1.165) is 0 Å². The Morgan fingerprint density at radius 2 is 2.11 bits per heavy atom. The van der Waals surface area contributed by atoms with Gasteiger partial charge in [-0.1, -0.05) is 26.0 Å². The SMILES string of the molecule is CC(C)COc1ccccc1NC(=O)CCCO. The third-order valence-corrected chi connectivity index (χ3v) is 2.30. The standard InChI is InChI=1S/C14H21NO3/c1-11(2)10-18-13-7-4-3-6-12(13)15-14(17)8-5-9-16/h3-4,6-7,11,16H,5,8-10H2,1-2H3,(H,15,17). The van der Waals surface area contributed by atoms with Gasteiger partial charge in [-0.3, -0.25) is 4.79 Å². The average molecular weight is 251 g/mol. The number of anilines is 1. The molecular formula is C14H21NO3. The Bertz CT molecular complexity index is 377. The smallest absolute Gasteiger partial charge is 0.224 e. The van der Waals surface area contributed by atoms with Crippen LogP contribution < -0.4 is 10.1 Å². The summed E-state index contributed by atoms with van der Waals surface area (Å²) in [6.07, 6.45) is 0.788. The highest BCUT2D eigenvalue weighted by atomic mass is 16.5. The van der Waals surface area contributed by atoms with Crippen molar-refractivity contribution < 1.29 is 14.6 Å². The number of benzene rings is 1. The van der Waals surface area contributed by atoms with Gasteiger partial charge in [0.05, 0.1) is 12.3 Å². The zero-order chi connectivity index (χ0) is 13.4. The molecule has 100 valence electrons. The summed E-state index contributed by atoms with van der Waals surface area (Å²) >= 11 is 0. The lowest BCUT2D eigenvalue weighted by Gasteiger charge is -2.13. The van der Waals surface area contributed by atoms with E-state index in [0.29, 0.717) is 36.8 Å². The highest BCUT2D eigenvalue weighted by Gasteiger charge is 2.07. The normalized spacial score (nSPS) is 10.4. The van der Waals surface area contributed by atoms with Gasteiger partial charge in [-0.15, -0.1) is 0 Å². The van der Waals surface area contributed by atoms with Crippen LogP contribution in [0, 0.1) is 5.92 Å². The molecular weight excluding hydrogens is 230 g/mol. The lowest BCUT2D eigenvalue weighted by Crippen LogP contribution is -2.13. The number of aliphatic hydroxyl groups is 1. The summed E-state index contributed by atoms with van der Waals surface area (Å²) in [4.78, 5) is 11.6. The van der Waals surface area contributed by atoms with Crippen LogP contribution in [0.4, 0.5) is 5.69 Å². The number of ether oxygens (including phenoxy) is 1. The molecule has 0 radical (unpaired) electrons. The molecule has 0 aromatic heterocycles. The van der Waals surface area contributed by atoms with Crippen LogP contribution in [0.3, 0.4) is 0 Å². The second-order valence-electron chi connectivity index (χ2n) is 4.58. The highest BCUT2D eigenvalue weighted by Crippen LogP contribution is 2.24. The van der Waals surface area contributed by atoms with Gasteiger partial charge in [0.15, 0.2) is 0 Å². The topological polar surface area (TPSA) is 58.6 Å². The third kappa shape index (κ3) is 5.19. The van der Waals surface area contributed by atoms with Gasteiger partial charge in [0.2, 0.25) is 5.91 Å². The number of hydrogen-bond acceptors (Lipinski definition) is 3. The first-order valence-corrected chi connectivity index (χ1v) is 6.26. The van der Waals surface area contributed by atoms with Gasteiger partial charge in [0.1, 0.15) is 5.75 Å². The zero-order valence-corrected chi connectivity index (χ0v) is 11.0. The number of carbonyl (C=O) groups excluding carboxylic acids is 1. The van der Waals surface area contributed by atoms with E-state index in [4.69, 9.17) is 9.84 Å². The predicted molar refractivity (Wildman–Crippen MR) is 71.7 cm³/mol. The molecule has 0 aliphatic heterocycles. The quantitative estimate of drug-likeness (QED) is 0.782. The molecule has 0 fully saturated rings. The fourth-order valence-electron chi connectivity index (χ4n) is 1.40. The number of amides is 1. The van der Waals surface area contributed by atoms with Crippen molar-refractivity contribution in [3.8, 4) is 5.75 Å². The van der Waals surface area contributed by atoms with E-state index in [1.54, 1.807) is 0 Å². The minimum absolute atomic E-state index is 0.0267. The van der Waals surface area contributed by atoms with Crippen molar-refractivity contribution in [3.63, 3.8) is 0 Å². The zero-order valence-electron chi connectivity index (χ0n) is 11.0. The Hall–Kier alpha value is -1.55. The van der Waals surface area contributed by atoms with Crippen molar-refractivity contribution in [3.05, 3.63) is 24.3 Å². The predicted octanol–water partition coefficient (Wildman–Crippen LogP) is 2.43. The lowest BCUT2D eigenvalue weighted by molar-refractivity contribution is -0.116. The molecule has 0 heterocycles. The lowest BCUT2D eigenvalue weighted by atomic mass is 10.2. The molecule has 1 rings (SSSR count). The van der Waals surface area contributed by atoms with Crippen molar-refractivity contribution in [1.29, 1.82) is 0 Å². The first-order valence-electron chi connectivity index (χ1n) is 6.26. The Kier molecular flexibility index (Phi) is 6.22. The Morgan fingerprint density at radius 1 is 1.39 bits per heavy atom. The van der Waals surface area contributed by atoms with Crippen molar-refractivity contribution in [2.24, 2.45) is 5.92 Å². The van der Waals surface area contributed by atoms with Crippen LogP contribution in [-0.4, -0.2) is 24.2 Å². The second kappa shape index (κ2) is 7.71. The fraction of sp³-hybridized carbons (Fsp3) is 0.500. The van der Waals surface area contributed by atoms with Gasteiger partial charge in [-0.2, -0.15) is 0 Å². The van der Waals surface area contributed by atoms with Crippen molar-refractivity contribution in [2.75, 3.05) is 18.5 Å². The van der Waals surface area contributed by atoms with Gasteiger partial charge in [0.25, 0.3) is 0 Å². The van der Waals surface area contributed by atoms with Gasteiger partial charge in [0, 0.05) is 13.0 Å². The number of para-hydroxylation sites is 2. The van der Waals surface area contributed by atoms with E-state index < -0.39 is 0 Å². The number of aliphatic hydroxyl groups excluding tert-OH is 1. The van der Waals surface area contributed by atoms with Gasteiger partial charge in [-0.25, -0.2) is 0 Å². The summed E-state index contributed by atoms with van der Waals surface area (Å²) in [7, 11) is 0. The van der Waals surface area contributed by atoms with Gasteiger partial charge in [-0.05, 0) is 24.5 Å². The summed E-state index contributed by atoms with van der Waals surface area (Å²) in [6.45, 7) is 4.79. The van der Waals surface area contributed by atoms with Crippen LogP contribution in [0.25, 0.3) is 0 Å². The fourth-order valence-corrected chi connectivity index (χ4v) is 1.40. The minimum Gasteiger partial charge on any atom is -0.491 e. The van der Waals surface area contributed by atoms with Crippen LogP contribution in [0.15, 0.2) is 24.3 Å². The maximum absolute atomic E-state index is 11.6. The summed E-state index contributed by atoms with van der Waals surface area (Å²) < 4.78 is 5.64. The summed E-state index contributed by atoms with van der Waals surface area (Å²) in [6, 6.07) is 7.37. The van der Waals surface area contributed by atoms with E-state index in [1.807, 2.05) is 24.3 Å². The summed E-state index contributed by atoms with van der Waals surface area (Å²) in [5.74, 6) is 1.01. The molecule has 1 amide bonds. The molecule has 1 aromatic rings. The molecule has 0 aliphatic carbocycles. The summed E-state index contributed by atoms with van der Waals surface area (Å²) in [5, 5.41) is 11.5. The number of nitrogens with one attached hydrogen (secondary N) is 1. The van der Waals surface area contributed by atoms with E-state index in [9.17, 15) is 4.79 Å². The molecule has 0 saturated carbocycles. The molecule has 0 unspecified atom stereocenters. The van der Waals surface area contributed by atoms with Crippen LogP contribution in [0.2, 0.25) is 0 Å². The van der Waals surface area contributed by atoms with Gasteiger partial charge < -0.3 is 15.2 Å². The molecule has 4 heteroatoms. The van der Waals surface area contributed by atoms with Crippen molar-refractivity contribution in [1.82, 2.24) is 0 Å². The third-order valence-electron chi connectivity index (χ3n) is 2.30. The first kappa shape index (κ1) is 14.5. The number of rotatable bonds is 7.